The first-order valence-corrected chi connectivity index (χ1v) is 10.1. The van der Waals surface area contributed by atoms with E-state index in [-0.39, 0.29) is 34.2 Å². The second-order valence-electron chi connectivity index (χ2n) is 6.50. The lowest BCUT2D eigenvalue weighted by Gasteiger charge is -2.17. The van der Waals surface area contributed by atoms with Crippen LogP contribution in [0.25, 0.3) is 11.3 Å². The summed E-state index contributed by atoms with van der Waals surface area (Å²) in [7, 11) is 0. The van der Waals surface area contributed by atoms with Crippen LogP contribution in [-0.2, 0) is 10.9 Å². The maximum Gasteiger partial charge on any atom is 0.416 e. The number of carbonyl (C=O) groups excluding carboxylic acids is 1. The van der Waals surface area contributed by atoms with E-state index in [4.69, 9.17) is 19.6 Å². The Bertz CT molecular complexity index is 1100. The number of hydrogen-bond donors (Lipinski definition) is 1. The van der Waals surface area contributed by atoms with E-state index >= 15 is 0 Å². The molecule has 1 amide bonds. The standard InChI is InChI=1S/C21H17BrF4N2O4/c1-2-30-10-15(31-14-5-3-4-13(16(14)23)19(27)29)20-28-17(18(22)32-20)11-6-8-12(9-7-11)21(24,25)26/h3-9,15H,2,10H2,1H3,(H2,27,29). The van der Waals surface area contributed by atoms with E-state index in [2.05, 4.69) is 20.9 Å². The lowest BCUT2D eigenvalue weighted by atomic mass is 10.1. The predicted octanol–water partition coefficient (Wildman–Crippen LogP) is 5.52. The van der Waals surface area contributed by atoms with Gasteiger partial charge in [0.25, 0.3) is 5.91 Å². The Morgan fingerprint density at radius 3 is 2.50 bits per heavy atom. The van der Waals surface area contributed by atoms with Crippen molar-refractivity contribution >= 4 is 21.8 Å². The zero-order chi connectivity index (χ0) is 23.5. The number of primary amides is 1. The van der Waals surface area contributed by atoms with E-state index in [1.54, 1.807) is 6.92 Å². The van der Waals surface area contributed by atoms with Crippen LogP contribution in [0, 0.1) is 5.82 Å². The number of hydrogen-bond acceptors (Lipinski definition) is 5. The van der Waals surface area contributed by atoms with Crippen LogP contribution in [0.4, 0.5) is 17.6 Å². The van der Waals surface area contributed by atoms with Crippen LogP contribution in [0.3, 0.4) is 0 Å². The van der Waals surface area contributed by atoms with Gasteiger partial charge in [-0.15, -0.1) is 0 Å². The number of carbonyl (C=O) groups is 1. The Morgan fingerprint density at radius 1 is 1.22 bits per heavy atom. The monoisotopic (exact) mass is 516 g/mol. The van der Waals surface area contributed by atoms with E-state index in [0.717, 1.165) is 12.1 Å². The summed E-state index contributed by atoms with van der Waals surface area (Å²) in [5.74, 6) is -2.19. The summed E-state index contributed by atoms with van der Waals surface area (Å²) >= 11 is 3.20. The fourth-order valence-electron chi connectivity index (χ4n) is 2.78. The quantitative estimate of drug-likeness (QED) is 0.398. The smallest absolute Gasteiger partial charge is 0.416 e. The van der Waals surface area contributed by atoms with Gasteiger partial charge in [0.2, 0.25) is 5.89 Å². The molecule has 0 bridgehead atoms. The number of amides is 1. The Labute approximate surface area is 188 Å². The van der Waals surface area contributed by atoms with Crippen molar-refractivity contribution in [1.82, 2.24) is 4.98 Å². The van der Waals surface area contributed by atoms with Crippen LogP contribution in [0.15, 0.2) is 51.6 Å². The second-order valence-corrected chi connectivity index (χ2v) is 7.22. The molecule has 0 fully saturated rings. The first kappa shape index (κ1) is 23.7. The van der Waals surface area contributed by atoms with Crippen LogP contribution >= 0.6 is 15.9 Å². The summed E-state index contributed by atoms with van der Waals surface area (Å²) in [4.78, 5) is 15.7. The number of halogens is 5. The molecule has 3 rings (SSSR count). The first-order valence-electron chi connectivity index (χ1n) is 9.28. The highest BCUT2D eigenvalue weighted by Crippen LogP contribution is 2.35. The Kier molecular flexibility index (Phi) is 7.19. The molecular weight excluding hydrogens is 500 g/mol. The van der Waals surface area contributed by atoms with Gasteiger partial charge in [0.05, 0.1) is 17.7 Å². The Morgan fingerprint density at radius 2 is 1.91 bits per heavy atom. The number of rotatable bonds is 8. The summed E-state index contributed by atoms with van der Waals surface area (Å²) in [5, 5.41) is 0. The average Bonchev–Trinajstić information content (AvgIpc) is 3.13. The minimum atomic E-state index is -4.47. The molecule has 1 atom stereocenters. The van der Waals surface area contributed by atoms with Crippen molar-refractivity contribution in [1.29, 1.82) is 0 Å². The minimum absolute atomic E-state index is 0.0101. The normalized spacial score (nSPS) is 12.6. The number of nitrogens with zero attached hydrogens (tertiary/aromatic N) is 1. The maximum atomic E-state index is 14.6. The van der Waals surface area contributed by atoms with Crippen LogP contribution in [0.2, 0.25) is 0 Å². The molecule has 1 unspecified atom stereocenters. The summed E-state index contributed by atoms with van der Waals surface area (Å²) in [6.45, 7) is 1.98. The minimum Gasteiger partial charge on any atom is -0.475 e. The molecule has 0 saturated carbocycles. The summed E-state index contributed by atoms with van der Waals surface area (Å²) < 4.78 is 69.8. The molecule has 11 heteroatoms. The molecule has 3 aromatic rings. The lowest BCUT2D eigenvalue weighted by molar-refractivity contribution is -0.137. The molecule has 0 radical (unpaired) electrons. The molecule has 32 heavy (non-hydrogen) atoms. The van der Waals surface area contributed by atoms with E-state index in [1.165, 1.54) is 30.3 Å². The fraction of sp³-hybridized carbons (Fsp3) is 0.238. The van der Waals surface area contributed by atoms with Gasteiger partial charge in [-0.25, -0.2) is 9.37 Å². The fourth-order valence-corrected chi connectivity index (χ4v) is 3.26. The van der Waals surface area contributed by atoms with Gasteiger partial charge >= 0.3 is 6.18 Å². The van der Waals surface area contributed by atoms with E-state index in [9.17, 15) is 22.4 Å². The number of alkyl halides is 3. The molecule has 0 aliphatic carbocycles. The number of aromatic nitrogens is 1. The third kappa shape index (κ3) is 5.28. The van der Waals surface area contributed by atoms with E-state index < -0.39 is 29.6 Å². The van der Waals surface area contributed by atoms with Gasteiger partial charge in [0.15, 0.2) is 22.3 Å². The SMILES string of the molecule is CCOCC(Oc1cccc(C(N)=O)c1F)c1nc(-c2ccc(C(F)(F)F)cc2)c(Br)o1. The molecule has 0 aliphatic rings. The molecule has 0 saturated heterocycles. The van der Waals surface area contributed by atoms with Gasteiger partial charge in [-0.1, -0.05) is 18.2 Å². The number of ether oxygens (including phenoxy) is 2. The van der Waals surface area contributed by atoms with Crippen LogP contribution in [0.5, 0.6) is 5.75 Å². The van der Waals surface area contributed by atoms with Gasteiger partial charge < -0.3 is 19.6 Å². The molecule has 6 nitrogen and oxygen atoms in total. The predicted molar refractivity (Wildman–Crippen MR) is 109 cm³/mol. The van der Waals surface area contributed by atoms with Crippen molar-refractivity contribution < 1.29 is 36.2 Å². The topological polar surface area (TPSA) is 87.6 Å². The molecule has 2 N–H and O–H groups in total. The van der Waals surface area contributed by atoms with Gasteiger partial charge in [-0.3, -0.25) is 4.79 Å². The number of oxazole rings is 1. The van der Waals surface area contributed by atoms with E-state index in [0.29, 0.717) is 12.2 Å². The van der Waals surface area contributed by atoms with Crippen LogP contribution in [-0.4, -0.2) is 24.1 Å². The molecule has 1 aromatic heterocycles. The maximum absolute atomic E-state index is 14.6. The molecule has 170 valence electrons. The average molecular weight is 517 g/mol. The highest BCUT2D eigenvalue weighted by atomic mass is 79.9. The van der Waals surface area contributed by atoms with Crippen molar-refractivity contribution in [2.75, 3.05) is 13.2 Å². The molecule has 2 aromatic carbocycles. The molecule has 1 heterocycles. The van der Waals surface area contributed by atoms with E-state index in [1.807, 2.05) is 0 Å². The Hall–Kier alpha value is -2.92. The Balaban J connectivity index is 1.93. The highest BCUT2D eigenvalue weighted by Gasteiger charge is 2.30. The van der Waals surface area contributed by atoms with Crippen molar-refractivity contribution in [3.8, 4) is 17.0 Å². The van der Waals surface area contributed by atoms with Crippen LogP contribution in [0.1, 0.15) is 34.8 Å². The molecule has 0 aliphatic heterocycles. The zero-order valence-corrected chi connectivity index (χ0v) is 18.2. The van der Waals surface area contributed by atoms with Gasteiger partial charge in [-0.2, -0.15) is 13.2 Å². The van der Waals surface area contributed by atoms with Crippen molar-refractivity contribution in [2.45, 2.75) is 19.2 Å². The molecular formula is C21H17BrF4N2O4. The van der Waals surface area contributed by atoms with Crippen LogP contribution < -0.4 is 10.5 Å². The van der Waals surface area contributed by atoms with Gasteiger partial charge in [0.1, 0.15) is 5.69 Å². The zero-order valence-electron chi connectivity index (χ0n) is 16.6. The van der Waals surface area contributed by atoms with Gasteiger partial charge in [-0.05, 0) is 47.1 Å². The highest BCUT2D eigenvalue weighted by molar-refractivity contribution is 9.10. The molecule has 0 spiro atoms. The lowest BCUT2D eigenvalue weighted by Crippen LogP contribution is -2.18. The van der Waals surface area contributed by atoms with Crippen molar-refractivity contribution in [3.05, 3.63) is 70.0 Å². The summed E-state index contributed by atoms with van der Waals surface area (Å²) in [6.07, 6.45) is -5.49. The number of nitrogens with two attached hydrogens (primary N) is 1. The van der Waals surface area contributed by atoms with Crippen molar-refractivity contribution in [3.63, 3.8) is 0 Å². The third-order valence-corrected chi connectivity index (χ3v) is 4.87. The summed E-state index contributed by atoms with van der Waals surface area (Å²) in [5.41, 5.74) is 4.60. The second kappa shape index (κ2) is 9.70. The third-order valence-electron chi connectivity index (χ3n) is 4.33. The first-order chi connectivity index (χ1) is 15.1. The van der Waals surface area contributed by atoms with Crippen molar-refractivity contribution in [2.24, 2.45) is 5.73 Å². The van der Waals surface area contributed by atoms with Gasteiger partial charge in [0, 0.05) is 12.2 Å². The number of benzene rings is 2. The largest absolute Gasteiger partial charge is 0.475 e. The summed E-state index contributed by atoms with van der Waals surface area (Å²) in [6, 6.07) is 8.27.